The number of carbonyl (C=O) groups is 9. The van der Waals surface area contributed by atoms with Crippen LogP contribution in [-0.2, 0) is 49.6 Å². The Bertz CT molecular complexity index is 1790. The third kappa shape index (κ3) is 18.3. The number of guanidine groups is 1. The number of aliphatic hydroxyl groups excluding tert-OH is 1. The summed E-state index contributed by atoms with van der Waals surface area (Å²) < 4.78 is 0. The Morgan fingerprint density at radius 3 is 1.87 bits per heavy atom. The third-order valence-electron chi connectivity index (χ3n) is 10.0. The fourth-order valence-electron chi connectivity index (χ4n) is 6.61. The van der Waals surface area contributed by atoms with Crippen LogP contribution in [0.2, 0.25) is 0 Å². The van der Waals surface area contributed by atoms with Gasteiger partial charge in [-0.15, -0.1) is 0 Å². The molecule has 8 unspecified atom stereocenters. The lowest BCUT2D eigenvalue weighted by Gasteiger charge is -2.29. The van der Waals surface area contributed by atoms with Crippen LogP contribution < -0.4 is 60.6 Å². The number of nitrogens with zero attached hydrogens (tertiary/aromatic N) is 2. The molecular weight excluding hydrogens is 823 g/mol. The number of aliphatic imine (C=N–C) groups is 1. The van der Waals surface area contributed by atoms with E-state index in [1.807, 2.05) is 13.8 Å². The Morgan fingerprint density at radius 2 is 1.30 bits per heavy atom. The van der Waals surface area contributed by atoms with Gasteiger partial charge in [-0.1, -0.05) is 44.2 Å². The van der Waals surface area contributed by atoms with Crippen LogP contribution in [0.25, 0.3) is 0 Å². The second-order valence-electron chi connectivity index (χ2n) is 15.9. The molecule has 350 valence electrons. The summed E-state index contributed by atoms with van der Waals surface area (Å²) >= 11 is 0. The molecule has 0 aromatic heterocycles. The van der Waals surface area contributed by atoms with Gasteiger partial charge in [0, 0.05) is 25.9 Å². The lowest BCUT2D eigenvalue weighted by molar-refractivity contribution is -0.142. The molecule has 8 atom stereocenters. The number of primary amides is 2. The summed E-state index contributed by atoms with van der Waals surface area (Å²) in [5.74, 6) is -7.06. The molecule has 23 heteroatoms. The maximum atomic E-state index is 13.8. The Morgan fingerprint density at radius 1 is 0.730 bits per heavy atom. The minimum Gasteiger partial charge on any atom is -0.394 e. The molecule has 1 aliphatic rings. The van der Waals surface area contributed by atoms with E-state index >= 15 is 0 Å². The van der Waals surface area contributed by atoms with Gasteiger partial charge in [0.1, 0.15) is 48.3 Å². The summed E-state index contributed by atoms with van der Waals surface area (Å²) in [6.07, 6.45) is 0.393. The van der Waals surface area contributed by atoms with Crippen molar-refractivity contribution in [1.82, 2.24) is 36.8 Å². The summed E-state index contributed by atoms with van der Waals surface area (Å²) in [6, 6.07) is -0.865. The molecule has 0 bridgehead atoms. The van der Waals surface area contributed by atoms with Gasteiger partial charge in [-0.25, -0.2) is 0 Å². The smallest absolute Gasteiger partial charge is 0.245 e. The fourth-order valence-corrected chi connectivity index (χ4v) is 6.61. The van der Waals surface area contributed by atoms with E-state index in [4.69, 9.17) is 28.7 Å². The summed E-state index contributed by atoms with van der Waals surface area (Å²) in [4.78, 5) is 123. The molecule has 0 spiro atoms. The molecule has 63 heavy (non-hydrogen) atoms. The normalized spacial score (nSPS) is 16.7. The number of amides is 9. The molecule has 1 aliphatic heterocycles. The molecule has 1 heterocycles. The van der Waals surface area contributed by atoms with Crippen LogP contribution in [0.4, 0.5) is 0 Å². The third-order valence-corrected chi connectivity index (χ3v) is 10.0. The van der Waals surface area contributed by atoms with Crippen molar-refractivity contribution in [3.8, 4) is 0 Å². The standard InChI is InChI=1S/C40H65N13O10/c1-21(2)18-29(52-34(58)25(41)20-54)37(61)47-22(3)33(57)48-23(4)39(63)53-17-9-13-30(53)38(62)50-27(14-15-31(42)55)36(60)49-26(12-8-16-46-40(44)45)35(59)51-28(32(43)56)19-24-10-6-5-7-11-24/h5-7,10-11,21-23,25-30,54H,8-9,12-20,41H2,1-4H3,(H2,42,55)(H2,43,56)(H,47,61)(H,48,57)(H,49,60)(H,50,62)(H,51,59)(H,52,58)(H4,44,45,46). The minimum atomic E-state index is -1.42. The van der Waals surface area contributed by atoms with Crippen molar-refractivity contribution >= 4 is 59.1 Å². The second kappa shape index (κ2) is 26.2. The first-order valence-corrected chi connectivity index (χ1v) is 20.8. The van der Waals surface area contributed by atoms with E-state index in [-0.39, 0.29) is 69.9 Å². The van der Waals surface area contributed by atoms with Crippen molar-refractivity contribution in [3.05, 3.63) is 35.9 Å². The van der Waals surface area contributed by atoms with Crippen molar-refractivity contribution in [2.24, 2.45) is 39.6 Å². The predicted octanol–water partition coefficient (Wildman–Crippen LogP) is -4.66. The summed E-state index contributed by atoms with van der Waals surface area (Å²) in [7, 11) is 0. The summed E-state index contributed by atoms with van der Waals surface area (Å²) in [6.45, 7) is 5.97. The monoisotopic (exact) mass is 887 g/mol. The van der Waals surface area contributed by atoms with E-state index in [1.165, 1.54) is 18.7 Å². The molecule has 9 amide bonds. The van der Waals surface area contributed by atoms with Crippen molar-refractivity contribution < 1.29 is 48.3 Å². The number of benzene rings is 1. The average Bonchev–Trinajstić information content (AvgIpc) is 3.72. The highest BCUT2D eigenvalue weighted by atomic mass is 16.3. The lowest BCUT2D eigenvalue weighted by atomic mass is 10.0. The fraction of sp³-hybridized carbons (Fsp3) is 0.600. The Balaban J connectivity index is 2.20. The lowest BCUT2D eigenvalue weighted by Crippen LogP contribution is -2.59. The van der Waals surface area contributed by atoms with Gasteiger partial charge in [-0.05, 0) is 63.9 Å². The number of aliphatic hydroxyl groups is 1. The van der Waals surface area contributed by atoms with Crippen LogP contribution in [0, 0.1) is 5.92 Å². The van der Waals surface area contributed by atoms with Gasteiger partial charge in [0.15, 0.2) is 5.96 Å². The van der Waals surface area contributed by atoms with Crippen molar-refractivity contribution in [3.63, 3.8) is 0 Å². The van der Waals surface area contributed by atoms with Gasteiger partial charge in [0.05, 0.1) is 6.61 Å². The SMILES string of the molecule is CC(C)CC(NC(=O)C(N)CO)C(=O)NC(C)C(=O)NC(C)C(=O)N1CCCC1C(=O)NC(CCC(N)=O)C(=O)NC(CCCN=C(N)N)C(=O)NC(Cc1ccccc1)C(N)=O. The molecule has 2 rings (SSSR count). The number of rotatable bonds is 26. The molecule has 1 aromatic rings. The summed E-state index contributed by atoms with van der Waals surface area (Å²) in [5, 5.41) is 24.5. The van der Waals surface area contributed by atoms with Crippen LogP contribution in [0.1, 0.15) is 78.2 Å². The Hall–Kier alpha value is -6.36. The topological polar surface area (TPSA) is 392 Å². The highest BCUT2D eigenvalue weighted by Crippen LogP contribution is 2.19. The highest BCUT2D eigenvalue weighted by Gasteiger charge is 2.39. The van der Waals surface area contributed by atoms with Crippen molar-refractivity contribution in [1.29, 1.82) is 0 Å². The molecule has 23 nitrogen and oxygen atoms in total. The first-order valence-electron chi connectivity index (χ1n) is 20.8. The molecule has 1 fully saturated rings. The van der Waals surface area contributed by atoms with E-state index in [9.17, 15) is 48.3 Å². The number of hydrogen-bond donors (Lipinski definition) is 12. The van der Waals surface area contributed by atoms with Crippen LogP contribution in [0.5, 0.6) is 0 Å². The zero-order chi connectivity index (χ0) is 47.4. The molecule has 0 radical (unpaired) electrons. The zero-order valence-electron chi connectivity index (χ0n) is 36.3. The maximum absolute atomic E-state index is 13.8. The number of carbonyl (C=O) groups excluding carboxylic acids is 9. The average molecular weight is 888 g/mol. The largest absolute Gasteiger partial charge is 0.394 e. The quantitative estimate of drug-likeness (QED) is 0.0237. The van der Waals surface area contributed by atoms with Gasteiger partial charge in [0.25, 0.3) is 0 Å². The maximum Gasteiger partial charge on any atom is 0.245 e. The molecule has 1 saturated heterocycles. The van der Waals surface area contributed by atoms with E-state index in [2.05, 4.69) is 36.9 Å². The summed E-state index contributed by atoms with van der Waals surface area (Å²) in [5.41, 5.74) is 28.1. The highest BCUT2D eigenvalue weighted by molar-refractivity contribution is 5.98. The molecule has 0 saturated carbocycles. The van der Waals surface area contributed by atoms with Crippen molar-refractivity contribution in [2.45, 2.75) is 127 Å². The van der Waals surface area contributed by atoms with Gasteiger partial charge in [0.2, 0.25) is 53.2 Å². The predicted molar refractivity (Wildman–Crippen MR) is 230 cm³/mol. The van der Waals surface area contributed by atoms with E-state index in [0.29, 0.717) is 12.0 Å². The zero-order valence-corrected chi connectivity index (χ0v) is 36.3. The van der Waals surface area contributed by atoms with Gasteiger partial charge < -0.3 is 70.6 Å². The van der Waals surface area contributed by atoms with Crippen LogP contribution in [0.3, 0.4) is 0 Å². The molecule has 0 aliphatic carbocycles. The van der Waals surface area contributed by atoms with Crippen LogP contribution in [0.15, 0.2) is 35.3 Å². The molecule has 1 aromatic carbocycles. The molecule has 17 N–H and O–H groups in total. The first kappa shape index (κ1) is 52.8. The first-order chi connectivity index (χ1) is 29.6. The van der Waals surface area contributed by atoms with E-state index < -0.39 is 108 Å². The van der Waals surface area contributed by atoms with Gasteiger partial charge >= 0.3 is 0 Å². The minimum absolute atomic E-state index is 0.0209. The number of likely N-dealkylation sites (tertiary alicyclic amines) is 1. The second-order valence-corrected chi connectivity index (χ2v) is 15.9. The number of nitrogens with one attached hydrogen (secondary N) is 6. The Kier molecular flexibility index (Phi) is 21.9. The van der Waals surface area contributed by atoms with Gasteiger partial charge in [-0.3, -0.25) is 48.1 Å². The van der Waals surface area contributed by atoms with Crippen LogP contribution >= 0.6 is 0 Å². The number of hydrogen-bond acceptors (Lipinski definition) is 12. The van der Waals surface area contributed by atoms with E-state index in [1.54, 1.807) is 30.3 Å². The molecular formula is C40H65N13O10. The van der Waals surface area contributed by atoms with Crippen LogP contribution in [-0.4, -0.2) is 137 Å². The Labute approximate surface area is 366 Å². The van der Waals surface area contributed by atoms with Gasteiger partial charge in [-0.2, -0.15) is 0 Å². The number of nitrogens with two attached hydrogens (primary N) is 5. The van der Waals surface area contributed by atoms with E-state index in [0.717, 1.165) is 0 Å². The van der Waals surface area contributed by atoms with Crippen molar-refractivity contribution in [2.75, 3.05) is 19.7 Å².